The second-order valence-electron chi connectivity index (χ2n) is 3.80. The summed E-state index contributed by atoms with van der Waals surface area (Å²) in [7, 11) is 0. The van der Waals surface area contributed by atoms with E-state index in [1.807, 2.05) is 13.0 Å². The molecule has 0 atom stereocenters. The van der Waals surface area contributed by atoms with Crippen LogP contribution < -0.4 is 10.2 Å². The number of hydrogen-bond donors (Lipinski definition) is 1. The van der Waals surface area contributed by atoms with Gasteiger partial charge in [-0.25, -0.2) is 5.43 Å². The van der Waals surface area contributed by atoms with Crippen LogP contribution in [0.2, 0.25) is 4.34 Å². The van der Waals surface area contributed by atoms with Crippen molar-refractivity contribution in [2.45, 2.75) is 6.92 Å². The number of rotatable bonds is 5. The van der Waals surface area contributed by atoms with Gasteiger partial charge in [-0.3, -0.25) is 4.79 Å². The molecule has 2 aromatic rings. The standard InChI is InChI=1S/C14H13ClN2O2S/c1-2-19-11-5-3-10(4-6-11)14(18)17-16-9-12-7-8-13(15)20-12/h3-9H,2H2,1H3,(H,17,18). The van der Waals surface area contributed by atoms with E-state index in [9.17, 15) is 4.79 Å². The lowest BCUT2D eigenvalue weighted by molar-refractivity contribution is 0.0955. The van der Waals surface area contributed by atoms with Gasteiger partial charge in [0, 0.05) is 10.4 Å². The number of amides is 1. The number of halogens is 1. The molecule has 4 nitrogen and oxygen atoms in total. The Kier molecular flexibility index (Phi) is 5.15. The normalized spacial score (nSPS) is 10.7. The maximum absolute atomic E-state index is 11.8. The second-order valence-corrected chi connectivity index (χ2v) is 5.55. The maximum atomic E-state index is 11.8. The van der Waals surface area contributed by atoms with E-state index in [0.717, 1.165) is 10.6 Å². The fraction of sp³-hybridized carbons (Fsp3) is 0.143. The molecule has 0 saturated heterocycles. The summed E-state index contributed by atoms with van der Waals surface area (Å²) in [5, 5.41) is 3.89. The Bertz CT molecular complexity index is 608. The molecule has 6 heteroatoms. The molecule has 0 spiro atoms. The third-order valence-electron chi connectivity index (χ3n) is 2.38. The van der Waals surface area contributed by atoms with E-state index in [2.05, 4.69) is 10.5 Å². The van der Waals surface area contributed by atoms with Gasteiger partial charge in [0.05, 0.1) is 17.2 Å². The van der Waals surface area contributed by atoms with Crippen LogP contribution in [0.4, 0.5) is 0 Å². The molecule has 0 radical (unpaired) electrons. The highest BCUT2D eigenvalue weighted by Gasteiger charge is 2.04. The first-order chi connectivity index (χ1) is 9.69. The van der Waals surface area contributed by atoms with Gasteiger partial charge in [0.2, 0.25) is 0 Å². The van der Waals surface area contributed by atoms with Crippen LogP contribution in [0.3, 0.4) is 0 Å². The topological polar surface area (TPSA) is 50.7 Å². The first-order valence-electron chi connectivity index (χ1n) is 6.00. The van der Waals surface area contributed by atoms with Gasteiger partial charge in [0.15, 0.2) is 0 Å². The van der Waals surface area contributed by atoms with Crippen molar-refractivity contribution in [3.63, 3.8) is 0 Å². The van der Waals surface area contributed by atoms with Crippen molar-refractivity contribution in [1.29, 1.82) is 0 Å². The van der Waals surface area contributed by atoms with E-state index in [-0.39, 0.29) is 5.91 Å². The summed E-state index contributed by atoms with van der Waals surface area (Å²) >= 11 is 7.19. The number of ether oxygens (including phenoxy) is 1. The lowest BCUT2D eigenvalue weighted by Crippen LogP contribution is -2.17. The zero-order valence-electron chi connectivity index (χ0n) is 10.8. The molecular formula is C14H13ClN2O2S. The van der Waals surface area contributed by atoms with Crippen LogP contribution in [-0.4, -0.2) is 18.7 Å². The summed E-state index contributed by atoms with van der Waals surface area (Å²) in [6, 6.07) is 10.5. The van der Waals surface area contributed by atoms with Crippen molar-refractivity contribution >= 4 is 35.1 Å². The summed E-state index contributed by atoms with van der Waals surface area (Å²) in [6.07, 6.45) is 1.56. The first kappa shape index (κ1) is 14.6. The number of thiophene rings is 1. The van der Waals surface area contributed by atoms with Gasteiger partial charge in [-0.1, -0.05) is 11.6 Å². The van der Waals surface area contributed by atoms with Crippen molar-refractivity contribution in [2.75, 3.05) is 6.61 Å². The molecule has 104 valence electrons. The minimum absolute atomic E-state index is 0.271. The smallest absolute Gasteiger partial charge is 0.271 e. The molecule has 20 heavy (non-hydrogen) atoms. The highest BCUT2D eigenvalue weighted by atomic mass is 35.5. The fourth-order valence-electron chi connectivity index (χ4n) is 1.49. The lowest BCUT2D eigenvalue weighted by atomic mass is 10.2. The summed E-state index contributed by atoms with van der Waals surface area (Å²) < 4.78 is 5.99. The minimum atomic E-state index is -0.271. The third-order valence-corrected chi connectivity index (χ3v) is 3.55. The Hall–Kier alpha value is -1.85. The van der Waals surface area contributed by atoms with E-state index in [1.165, 1.54) is 11.3 Å². The van der Waals surface area contributed by atoms with Crippen LogP contribution in [-0.2, 0) is 0 Å². The van der Waals surface area contributed by atoms with E-state index >= 15 is 0 Å². The van der Waals surface area contributed by atoms with Crippen LogP contribution in [0.15, 0.2) is 41.5 Å². The van der Waals surface area contributed by atoms with Crippen molar-refractivity contribution in [3.8, 4) is 5.75 Å². The largest absolute Gasteiger partial charge is 0.494 e. The molecule has 1 amide bonds. The number of carbonyl (C=O) groups is 1. The van der Waals surface area contributed by atoms with E-state index in [4.69, 9.17) is 16.3 Å². The Morgan fingerprint density at radius 1 is 1.35 bits per heavy atom. The second kappa shape index (κ2) is 7.07. The quantitative estimate of drug-likeness (QED) is 0.678. The number of hydrogen-bond acceptors (Lipinski definition) is 4. The molecule has 1 aromatic carbocycles. The molecule has 0 unspecified atom stereocenters. The molecule has 2 rings (SSSR count). The lowest BCUT2D eigenvalue weighted by Gasteiger charge is -2.03. The molecule has 0 aliphatic carbocycles. The molecule has 0 aliphatic heterocycles. The third kappa shape index (κ3) is 4.08. The van der Waals surface area contributed by atoms with Crippen molar-refractivity contribution < 1.29 is 9.53 Å². The average molecular weight is 309 g/mol. The van der Waals surface area contributed by atoms with Gasteiger partial charge in [-0.15, -0.1) is 11.3 Å². The molecule has 0 aliphatic rings. The van der Waals surface area contributed by atoms with Crippen molar-refractivity contribution in [1.82, 2.24) is 5.43 Å². The highest BCUT2D eigenvalue weighted by molar-refractivity contribution is 7.17. The molecule has 0 bridgehead atoms. The van der Waals surface area contributed by atoms with Crippen LogP contribution in [0.1, 0.15) is 22.2 Å². The zero-order chi connectivity index (χ0) is 14.4. The van der Waals surface area contributed by atoms with Crippen LogP contribution in [0.25, 0.3) is 0 Å². The van der Waals surface area contributed by atoms with Gasteiger partial charge in [-0.2, -0.15) is 5.10 Å². The molecule has 1 heterocycles. The summed E-state index contributed by atoms with van der Waals surface area (Å²) in [6.45, 7) is 2.51. The predicted molar refractivity (Wildman–Crippen MR) is 82.0 cm³/mol. The number of benzene rings is 1. The minimum Gasteiger partial charge on any atom is -0.494 e. The van der Waals surface area contributed by atoms with Gasteiger partial charge in [-0.05, 0) is 43.3 Å². The van der Waals surface area contributed by atoms with Gasteiger partial charge in [0.1, 0.15) is 5.75 Å². The number of nitrogens with one attached hydrogen (secondary N) is 1. The fourth-order valence-corrected chi connectivity index (χ4v) is 2.42. The monoisotopic (exact) mass is 308 g/mol. The van der Waals surface area contributed by atoms with E-state index in [1.54, 1.807) is 36.5 Å². The Morgan fingerprint density at radius 2 is 2.10 bits per heavy atom. The molecule has 0 saturated carbocycles. The molecule has 1 N–H and O–H groups in total. The van der Waals surface area contributed by atoms with E-state index in [0.29, 0.717) is 16.5 Å². The molecule has 1 aromatic heterocycles. The van der Waals surface area contributed by atoms with Crippen LogP contribution >= 0.6 is 22.9 Å². The van der Waals surface area contributed by atoms with Gasteiger partial charge >= 0.3 is 0 Å². The van der Waals surface area contributed by atoms with Crippen LogP contribution in [0, 0.1) is 0 Å². The zero-order valence-corrected chi connectivity index (χ0v) is 12.4. The molecule has 0 fully saturated rings. The summed E-state index contributed by atoms with van der Waals surface area (Å²) in [5.41, 5.74) is 2.98. The highest BCUT2D eigenvalue weighted by Crippen LogP contribution is 2.19. The summed E-state index contributed by atoms with van der Waals surface area (Å²) in [4.78, 5) is 12.7. The van der Waals surface area contributed by atoms with Gasteiger partial charge in [0.25, 0.3) is 5.91 Å². The SMILES string of the molecule is CCOc1ccc(C(=O)NN=Cc2ccc(Cl)s2)cc1. The maximum Gasteiger partial charge on any atom is 0.271 e. The van der Waals surface area contributed by atoms with E-state index < -0.39 is 0 Å². The van der Waals surface area contributed by atoms with Gasteiger partial charge < -0.3 is 4.74 Å². The Balaban J connectivity index is 1.92. The first-order valence-corrected chi connectivity index (χ1v) is 7.20. The number of hydrazone groups is 1. The Morgan fingerprint density at radius 3 is 2.70 bits per heavy atom. The van der Waals surface area contributed by atoms with Crippen molar-refractivity contribution in [2.24, 2.45) is 5.10 Å². The number of nitrogens with zero attached hydrogens (tertiary/aromatic N) is 1. The average Bonchev–Trinajstić information content (AvgIpc) is 2.85. The summed E-state index contributed by atoms with van der Waals surface area (Å²) in [5.74, 6) is 0.465. The predicted octanol–water partition coefficient (Wildman–Crippen LogP) is 3.56. The Labute approximate surface area is 126 Å². The number of carbonyl (C=O) groups excluding carboxylic acids is 1. The van der Waals surface area contributed by atoms with Crippen LogP contribution in [0.5, 0.6) is 5.75 Å². The van der Waals surface area contributed by atoms with Crippen molar-refractivity contribution in [3.05, 3.63) is 51.2 Å². The molecular weight excluding hydrogens is 296 g/mol.